The van der Waals surface area contributed by atoms with E-state index in [1.165, 1.54) is 0 Å². The third-order valence-corrected chi connectivity index (χ3v) is 3.33. The molecule has 3 aromatic rings. The summed E-state index contributed by atoms with van der Waals surface area (Å²) in [6.07, 6.45) is 3.34. The van der Waals surface area contributed by atoms with Crippen LogP contribution < -0.4 is 5.32 Å². The van der Waals surface area contributed by atoms with Gasteiger partial charge in [0.05, 0.1) is 17.3 Å². The van der Waals surface area contributed by atoms with Gasteiger partial charge >= 0.3 is 0 Å². The number of nitrogens with one attached hydrogen (secondary N) is 2. The van der Waals surface area contributed by atoms with Gasteiger partial charge in [0, 0.05) is 17.3 Å². The molecule has 0 unspecified atom stereocenters. The summed E-state index contributed by atoms with van der Waals surface area (Å²) in [6, 6.07) is 8.99. The summed E-state index contributed by atoms with van der Waals surface area (Å²) in [5.74, 6) is -0.206. The standard InChI is InChI=1S/C13H9BrN4O/c14-12-10(2-1-5-15-12)13(19)17-9-3-4-11-8(6-9)7-16-18-11/h1-7H,(H,16,18)(H,17,19). The van der Waals surface area contributed by atoms with Crippen LogP contribution in [0, 0.1) is 0 Å². The second kappa shape index (κ2) is 4.81. The van der Waals surface area contributed by atoms with Crippen molar-refractivity contribution in [3.05, 3.63) is 52.9 Å². The van der Waals surface area contributed by atoms with E-state index in [9.17, 15) is 4.79 Å². The molecule has 1 amide bonds. The van der Waals surface area contributed by atoms with Crippen LogP contribution in [0.5, 0.6) is 0 Å². The van der Waals surface area contributed by atoms with Crippen LogP contribution >= 0.6 is 15.9 Å². The van der Waals surface area contributed by atoms with Gasteiger partial charge in [-0.05, 0) is 46.3 Å². The molecule has 5 nitrogen and oxygen atoms in total. The number of hydrogen-bond donors (Lipinski definition) is 2. The molecule has 0 saturated carbocycles. The number of halogens is 1. The normalized spacial score (nSPS) is 10.6. The summed E-state index contributed by atoms with van der Waals surface area (Å²) in [5.41, 5.74) is 2.14. The molecular formula is C13H9BrN4O. The highest BCUT2D eigenvalue weighted by atomic mass is 79.9. The average molecular weight is 317 g/mol. The molecule has 0 aliphatic heterocycles. The third kappa shape index (κ3) is 2.34. The van der Waals surface area contributed by atoms with Gasteiger partial charge in [0.1, 0.15) is 4.60 Å². The molecule has 3 rings (SSSR count). The lowest BCUT2D eigenvalue weighted by Gasteiger charge is -2.06. The van der Waals surface area contributed by atoms with Crippen molar-refractivity contribution in [2.45, 2.75) is 0 Å². The van der Waals surface area contributed by atoms with Gasteiger partial charge in [0.25, 0.3) is 5.91 Å². The van der Waals surface area contributed by atoms with Gasteiger partial charge in [-0.25, -0.2) is 4.98 Å². The number of aromatic amines is 1. The molecule has 2 aromatic heterocycles. The number of aromatic nitrogens is 3. The SMILES string of the molecule is O=C(Nc1ccc2[nH]ncc2c1)c1cccnc1Br. The molecule has 0 radical (unpaired) electrons. The molecule has 0 aliphatic rings. The fourth-order valence-corrected chi connectivity index (χ4v) is 2.20. The number of benzene rings is 1. The van der Waals surface area contributed by atoms with E-state index in [0.29, 0.717) is 10.2 Å². The van der Waals surface area contributed by atoms with Crippen molar-refractivity contribution in [1.29, 1.82) is 0 Å². The summed E-state index contributed by atoms with van der Waals surface area (Å²) < 4.78 is 0.525. The summed E-state index contributed by atoms with van der Waals surface area (Å²) in [5, 5.41) is 10.6. The second-order valence-electron chi connectivity index (χ2n) is 3.97. The van der Waals surface area contributed by atoms with Crippen LogP contribution in [0.4, 0.5) is 5.69 Å². The minimum Gasteiger partial charge on any atom is -0.322 e. The minimum atomic E-state index is -0.206. The summed E-state index contributed by atoms with van der Waals surface area (Å²) in [6.45, 7) is 0. The lowest BCUT2D eigenvalue weighted by Crippen LogP contribution is -2.12. The molecule has 6 heteroatoms. The van der Waals surface area contributed by atoms with Gasteiger partial charge in [-0.2, -0.15) is 5.10 Å². The van der Waals surface area contributed by atoms with E-state index in [0.717, 1.165) is 16.6 Å². The molecule has 0 spiro atoms. The Morgan fingerprint density at radius 3 is 3.05 bits per heavy atom. The molecule has 1 aromatic carbocycles. The van der Waals surface area contributed by atoms with Gasteiger partial charge in [-0.15, -0.1) is 0 Å². The highest BCUT2D eigenvalue weighted by Gasteiger charge is 2.10. The smallest absolute Gasteiger partial charge is 0.258 e. The van der Waals surface area contributed by atoms with Gasteiger partial charge in [-0.1, -0.05) is 0 Å². The number of anilines is 1. The second-order valence-corrected chi connectivity index (χ2v) is 4.72. The first-order chi connectivity index (χ1) is 9.24. The first kappa shape index (κ1) is 11.9. The van der Waals surface area contributed by atoms with Crippen LogP contribution in [-0.4, -0.2) is 21.1 Å². The zero-order valence-corrected chi connectivity index (χ0v) is 11.3. The summed E-state index contributed by atoms with van der Waals surface area (Å²) >= 11 is 3.26. The van der Waals surface area contributed by atoms with Crippen molar-refractivity contribution in [2.75, 3.05) is 5.32 Å². The topological polar surface area (TPSA) is 70.7 Å². The first-order valence-corrected chi connectivity index (χ1v) is 6.38. The third-order valence-electron chi connectivity index (χ3n) is 2.70. The Balaban J connectivity index is 1.88. The van der Waals surface area contributed by atoms with Crippen LogP contribution in [0.15, 0.2) is 47.3 Å². The van der Waals surface area contributed by atoms with E-state index in [1.807, 2.05) is 18.2 Å². The molecule has 0 aliphatic carbocycles. The zero-order valence-electron chi connectivity index (χ0n) is 9.72. The Labute approximate surface area is 117 Å². The summed E-state index contributed by atoms with van der Waals surface area (Å²) in [7, 11) is 0. The Bertz CT molecular complexity index is 753. The number of pyridine rings is 1. The van der Waals surface area contributed by atoms with Crippen LogP contribution in [-0.2, 0) is 0 Å². The van der Waals surface area contributed by atoms with Crippen molar-refractivity contribution in [3.8, 4) is 0 Å². The van der Waals surface area contributed by atoms with Gasteiger partial charge < -0.3 is 5.32 Å². The van der Waals surface area contributed by atoms with E-state index in [2.05, 4.69) is 36.4 Å². The van der Waals surface area contributed by atoms with E-state index in [-0.39, 0.29) is 5.91 Å². The molecule has 2 heterocycles. The maximum Gasteiger partial charge on any atom is 0.258 e. The number of H-pyrrole nitrogens is 1. The molecular weight excluding hydrogens is 308 g/mol. The van der Waals surface area contributed by atoms with Crippen LogP contribution in [0.25, 0.3) is 10.9 Å². The molecule has 0 saturated heterocycles. The van der Waals surface area contributed by atoms with Crippen molar-refractivity contribution < 1.29 is 4.79 Å². The monoisotopic (exact) mass is 316 g/mol. The van der Waals surface area contributed by atoms with Crippen molar-refractivity contribution in [3.63, 3.8) is 0 Å². The van der Waals surface area contributed by atoms with Crippen LogP contribution in [0.1, 0.15) is 10.4 Å². The molecule has 2 N–H and O–H groups in total. The largest absolute Gasteiger partial charge is 0.322 e. The molecule has 0 bridgehead atoms. The Morgan fingerprint density at radius 2 is 2.21 bits per heavy atom. The minimum absolute atomic E-state index is 0.206. The molecule has 0 fully saturated rings. The molecule has 94 valence electrons. The first-order valence-electron chi connectivity index (χ1n) is 5.59. The fraction of sp³-hybridized carbons (Fsp3) is 0. The van der Waals surface area contributed by atoms with E-state index in [4.69, 9.17) is 0 Å². The fourth-order valence-electron chi connectivity index (χ4n) is 1.77. The van der Waals surface area contributed by atoms with E-state index < -0.39 is 0 Å². The van der Waals surface area contributed by atoms with Gasteiger partial charge in [0.15, 0.2) is 0 Å². The number of carbonyl (C=O) groups is 1. The maximum absolute atomic E-state index is 12.1. The van der Waals surface area contributed by atoms with Crippen LogP contribution in [0.2, 0.25) is 0 Å². The lowest BCUT2D eigenvalue weighted by molar-refractivity contribution is 0.102. The molecule has 19 heavy (non-hydrogen) atoms. The number of hydrogen-bond acceptors (Lipinski definition) is 3. The highest BCUT2D eigenvalue weighted by Crippen LogP contribution is 2.19. The number of amides is 1. The lowest BCUT2D eigenvalue weighted by atomic mass is 10.2. The Kier molecular flexibility index (Phi) is 3.00. The number of rotatable bonds is 2. The Hall–Kier alpha value is -2.21. The maximum atomic E-state index is 12.1. The van der Waals surface area contributed by atoms with Crippen molar-refractivity contribution in [1.82, 2.24) is 15.2 Å². The number of fused-ring (bicyclic) bond motifs is 1. The quantitative estimate of drug-likeness (QED) is 0.714. The number of carbonyl (C=O) groups excluding carboxylic acids is 1. The highest BCUT2D eigenvalue weighted by molar-refractivity contribution is 9.10. The Morgan fingerprint density at radius 1 is 1.32 bits per heavy atom. The number of nitrogens with zero attached hydrogens (tertiary/aromatic N) is 2. The van der Waals surface area contributed by atoms with Crippen molar-refractivity contribution in [2.24, 2.45) is 0 Å². The average Bonchev–Trinajstić information content (AvgIpc) is 2.86. The zero-order chi connectivity index (χ0) is 13.2. The van der Waals surface area contributed by atoms with Crippen LogP contribution in [0.3, 0.4) is 0 Å². The van der Waals surface area contributed by atoms with Gasteiger partial charge in [-0.3, -0.25) is 9.89 Å². The van der Waals surface area contributed by atoms with Gasteiger partial charge in [0.2, 0.25) is 0 Å². The van der Waals surface area contributed by atoms with E-state index in [1.54, 1.807) is 24.5 Å². The van der Waals surface area contributed by atoms with E-state index >= 15 is 0 Å². The molecule has 0 atom stereocenters. The summed E-state index contributed by atoms with van der Waals surface area (Å²) in [4.78, 5) is 16.1. The predicted octanol–water partition coefficient (Wildman–Crippen LogP) is 2.97. The predicted molar refractivity (Wildman–Crippen MR) is 76.0 cm³/mol. The van der Waals surface area contributed by atoms with Crippen molar-refractivity contribution >= 4 is 38.4 Å².